The predicted molar refractivity (Wildman–Crippen MR) is 64.7 cm³/mol. The molecule has 0 unspecified atom stereocenters. The third-order valence-electron chi connectivity index (χ3n) is 3.42. The molecule has 1 aromatic heterocycles. The largest absolute Gasteiger partial charge is 0.438 e. The number of fused-ring (bicyclic) bond motifs is 1. The van der Waals surface area contributed by atoms with Gasteiger partial charge in [-0.15, -0.1) is 0 Å². The van der Waals surface area contributed by atoms with E-state index in [1.165, 1.54) is 0 Å². The van der Waals surface area contributed by atoms with Gasteiger partial charge in [0.15, 0.2) is 5.58 Å². The van der Waals surface area contributed by atoms with Crippen molar-refractivity contribution in [2.45, 2.75) is 25.3 Å². The lowest BCUT2D eigenvalue weighted by atomic mass is 9.91. The molecule has 0 saturated carbocycles. The molecule has 0 bridgehead atoms. The van der Waals surface area contributed by atoms with E-state index in [0.717, 1.165) is 29.5 Å². The average molecular weight is 232 g/mol. The first kappa shape index (κ1) is 10.7. The van der Waals surface area contributed by atoms with Gasteiger partial charge in [-0.2, -0.15) is 0 Å². The fraction of sp³-hybridized carbons (Fsp3) is 0.462. The summed E-state index contributed by atoms with van der Waals surface area (Å²) in [4.78, 5) is 4.52. The molecule has 0 aliphatic carbocycles. The molecule has 1 aliphatic heterocycles. The smallest absolute Gasteiger partial charge is 0.215 e. The van der Waals surface area contributed by atoms with Gasteiger partial charge in [0.2, 0.25) is 5.89 Å². The van der Waals surface area contributed by atoms with Crippen molar-refractivity contribution in [3.8, 4) is 0 Å². The highest BCUT2D eigenvalue weighted by Gasteiger charge is 2.35. The summed E-state index contributed by atoms with van der Waals surface area (Å²) in [5.74, 6) is 0.644. The Morgan fingerprint density at radius 2 is 2.06 bits per heavy atom. The van der Waals surface area contributed by atoms with E-state index in [0.29, 0.717) is 19.1 Å². The van der Waals surface area contributed by atoms with Gasteiger partial charge in [-0.05, 0) is 31.4 Å². The Hall–Kier alpha value is -1.39. The van der Waals surface area contributed by atoms with E-state index in [-0.39, 0.29) is 0 Å². The summed E-state index contributed by atoms with van der Waals surface area (Å²) in [7, 11) is 0. The minimum absolute atomic E-state index is 0.469. The van der Waals surface area contributed by atoms with E-state index >= 15 is 0 Å². The Balaban J connectivity index is 2.08. The van der Waals surface area contributed by atoms with Crippen molar-refractivity contribution in [3.63, 3.8) is 0 Å². The summed E-state index contributed by atoms with van der Waals surface area (Å²) >= 11 is 0. The van der Waals surface area contributed by atoms with Crippen LogP contribution in [0.1, 0.15) is 24.3 Å². The lowest BCUT2D eigenvalue weighted by Crippen LogP contribution is -2.42. The monoisotopic (exact) mass is 232 g/mol. The first-order valence-corrected chi connectivity index (χ1v) is 5.92. The van der Waals surface area contributed by atoms with Gasteiger partial charge in [-0.25, -0.2) is 4.98 Å². The first-order valence-electron chi connectivity index (χ1n) is 5.92. The SMILES string of the molecule is Cc1cccc2nc(C3(N)CCOCC3)oc12. The van der Waals surface area contributed by atoms with E-state index < -0.39 is 5.54 Å². The minimum atomic E-state index is -0.469. The molecule has 0 spiro atoms. The number of nitrogens with two attached hydrogens (primary N) is 1. The van der Waals surface area contributed by atoms with Gasteiger partial charge in [0, 0.05) is 13.2 Å². The predicted octanol–water partition coefficient (Wildman–Crippen LogP) is 2.10. The number of hydrogen-bond donors (Lipinski definition) is 1. The Kier molecular flexibility index (Phi) is 2.42. The summed E-state index contributed by atoms with van der Waals surface area (Å²) in [5.41, 5.74) is 8.72. The van der Waals surface area contributed by atoms with Gasteiger partial charge < -0.3 is 14.9 Å². The van der Waals surface area contributed by atoms with E-state index in [1.54, 1.807) is 0 Å². The normalized spacial score (nSPS) is 19.6. The van der Waals surface area contributed by atoms with Crippen LogP contribution in [0.4, 0.5) is 0 Å². The molecule has 0 amide bonds. The minimum Gasteiger partial charge on any atom is -0.438 e. The van der Waals surface area contributed by atoms with Gasteiger partial charge >= 0.3 is 0 Å². The third-order valence-corrected chi connectivity index (χ3v) is 3.42. The number of para-hydroxylation sites is 1. The van der Waals surface area contributed by atoms with E-state index in [4.69, 9.17) is 14.9 Å². The Morgan fingerprint density at radius 3 is 2.76 bits per heavy atom. The summed E-state index contributed by atoms with van der Waals surface area (Å²) < 4.78 is 11.2. The number of ether oxygens (including phenoxy) is 1. The zero-order chi connectivity index (χ0) is 11.9. The van der Waals surface area contributed by atoms with Crippen LogP contribution >= 0.6 is 0 Å². The van der Waals surface area contributed by atoms with Gasteiger partial charge in [0.1, 0.15) is 5.52 Å². The van der Waals surface area contributed by atoms with Crippen LogP contribution in [0.5, 0.6) is 0 Å². The van der Waals surface area contributed by atoms with E-state index in [1.807, 2.05) is 25.1 Å². The number of aromatic nitrogens is 1. The van der Waals surface area contributed by atoms with Crippen LogP contribution in [0.15, 0.2) is 22.6 Å². The molecule has 90 valence electrons. The summed E-state index contributed by atoms with van der Waals surface area (Å²) in [6.45, 7) is 3.37. The molecule has 4 heteroatoms. The number of benzene rings is 1. The molecule has 17 heavy (non-hydrogen) atoms. The molecule has 0 radical (unpaired) electrons. The number of rotatable bonds is 1. The standard InChI is InChI=1S/C13H16N2O2/c1-9-3-2-4-10-11(9)17-12(15-10)13(14)5-7-16-8-6-13/h2-4H,5-8,14H2,1H3. The maximum Gasteiger partial charge on any atom is 0.215 e. The average Bonchev–Trinajstić information content (AvgIpc) is 2.76. The van der Waals surface area contributed by atoms with Gasteiger partial charge in [-0.1, -0.05) is 12.1 Å². The Bertz CT molecular complexity index is 541. The second-order valence-corrected chi connectivity index (χ2v) is 4.71. The van der Waals surface area contributed by atoms with Crippen molar-refractivity contribution in [2.24, 2.45) is 5.73 Å². The number of oxazole rings is 1. The Morgan fingerprint density at radius 1 is 1.29 bits per heavy atom. The van der Waals surface area contributed by atoms with Crippen LogP contribution in [-0.2, 0) is 10.3 Å². The molecule has 1 aromatic carbocycles. The van der Waals surface area contributed by atoms with Crippen molar-refractivity contribution < 1.29 is 9.15 Å². The molecule has 2 heterocycles. The van der Waals surface area contributed by atoms with E-state index in [2.05, 4.69) is 4.98 Å². The maximum absolute atomic E-state index is 6.36. The zero-order valence-electron chi connectivity index (χ0n) is 9.90. The molecule has 1 aliphatic rings. The van der Waals surface area contributed by atoms with Crippen LogP contribution in [-0.4, -0.2) is 18.2 Å². The molecule has 1 saturated heterocycles. The molecular weight excluding hydrogens is 216 g/mol. The number of nitrogens with zero attached hydrogens (tertiary/aromatic N) is 1. The summed E-state index contributed by atoms with van der Waals surface area (Å²) in [6.07, 6.45) is 1.53. The van der Waals surface area contributed by atoms with Crippen molar-refractivity contribution in [1.82, 2.24) is 4.98 Å². The Labute approximate surface area is 99.8 Å². The maximum atomic E-state index is 6.36. The lowest BCUT2D eigenvalue weighted by molar-refractivity contribution is 0.0429. The first-order chi connectivity index (χ1) is 8.19. The number of aryl methyl sites for hydroxylation is 1. The molecule has 4 nitrogen and oxygen atoms in total. The summed E-state index contributed by atoms with van der Waals surface area (Å²) in [5, 5.41) is 0. The van der Waals surface area contributed by atoms with Crippen LogP contribution in [0.3, 0.4) is 0 Å². The van der Waals surface area contributed by atoms with Crippen LogP contribution < -0.4 is 5.73 Å². The highest BCUT2D eigenvalue weighted by Crippen LogP contribution is 2.31. The quantitative estimate of drug-likeness (QED) is 0.818. The van der Waals surface area contributed by atoms with Crippen LogP contribution in [0.2, 0.25) is 0 Å². The highest BCUT2D eigenvalue weighted by molar-refractivity contribution is 5.76. The highest BCUT2D eigenvalue weighted by atomic mass is 16.5. The van der Waals surface area contributed by atoms with Crippen LogP contribution in [0.25, 0.3) is 11.1 Å². The molecule has 0 atom stereocenters. The molecule has 2 aromatic rings. The van der Waals surface area contributed by atoms with Crippen molar-refractivity contribution in [1.29, 1.82) is 0 Å². The fourth-order valence-corrected chi connectivity index (χ4v) is 2.25. The molecule has 2 N–H and O–H groups in total. The number of hydrogen-bond acceptors (Lipinski definition) is 4. The summed E-state index contributed by atoms with van der Waals surface area (Å²) in [6, 6.07) is 5.96. The molecule has 1 fully saturated rings. The lowest BCUT2D eigenvalue weighted by Gasteiger charge is -2.29. The zero-order valence-corrected chi connectivity index (χ0v) is 9.90. The van der Waals surface area contributed by atoms with Gasteiger partial charge in [0.25, 0.3) is 0 Å². The topological polar surface area (TPSA) is 61.3 Å². The van der Waals surface area contributed by atoms with Crippen LogP contribution in [0, 0.1) is 6.92 Å². The van der Waals surface area contributed by atoms with Crippen molar-refractivity contribution in [3.05, 3.63) is 29.7 Å². The third kappa shape index (κ3) is 1.73. The van der Waals surface area contributed by atoms with Crippen molar-refractivity contribution >= 4 is 11.1 Å². The molecule has 3 rings (SSSR count). The van der Waals surface area contributed by atoms with Crippen molar-refractivity contribution in [2.75, 3.05) is 13.2 Å². The van der Waals surface area contributed by atoms with E-state index in [9.17, 15) is 0 Å². The molecular formula is C13H16N2O2. The second-order valence-electron chi connectivity index (χ2n) is 4.71. The fourth-order valence-electron chi connectivity index (χ4n) is 2.25. The van der Waals surface area contributed by atoms with Gasteiger partial charge in [0.05, 0.1) is 5.54 Å². The van der Waals surface area contributed by atoms with Gasteiger partial charge in [-0.3, -0.25) is 0 Å². The second kappa shape index (κ2) is 3.82.